The Bertz CT molecular complexity index is 494. The van der Waals surface area contributed by atoms with E-state index >= 15 is 0 Å². The third-order valence-electron chi connectivity index (χ3n) is 4.82. The van der Waals surface area contributed by atoms with Crippen molar-refractivity contribution in [1.29, 1.82) is 0 Å². The number of hydrogen-bond acceptors (Lipinski definition) is 3. The van der Waals surface area contributed by atoms with Gasteiger partial charge in [-0.05, 0) is 31.4 Å². The second-order valence-corrected chi connectivity index (χ2v) is 6.43. The number of amides is 2. The first kappa shape index (κ1) is 16.3. The molecule has 3 rings (SSSR count). The number of hydrogen-bond donors (Lipinski definition) is 2. The van der Waals surface area contributed by atoms with Crippen LogP contribution in [0.5, 0.6) is 0 Å². The van der Waals surface area contributed by atoms with E-state index in [1.54, 1.807) is 0 Å². The summed E-state index contributed by atoms with van der Waals surface area (Å²) in [5.41, 5.74) is 1.15. The first-order valence-corrected chi connectivity index (χ1v) is 8.73. The van der Waals surface area contributed by atoms with Crippen LogP contribution < -0.4 is 10.6 Å². The quantitative estimate of drug-likeness (QED) is 0.790. The summed E-state index contributed by atoms with van der Waals surface area (Å²) < 4.78 is 5.58. The van der Waals surface area contributed by atoms with E-state index in [0.29, 0.717) is 31.8 Å². The number of rotatable bonds is 6. The lowest BCUT2D eigenvalue weighted by atomic mass is 9.99. The summed E-state index contributed by atoms with van der Waals surface area (Å²) >= 11 is 0. The highest BCUT2D eigenvalue weighted by Gasteiger charge is 2.36. The number of nitrogens with one attached hydrogen (secondary N) is 2. The van der Waals surface area contributed by atoms with Gasteiger partial charge in [-0.25, -0.2) is 4.79 Å². The molecule has 0 spiro atoms. The second-order valence-electron chi connectivity index (χ2n) is 6.43. The summed E-state index contributed by atoms with van der Waals surface area (Å²) in [6.07, 6.45) is 4.87. The summed E-state index contributed by atoms with van der Waals surface area (Å²) in [5.74, 6) is 0. The molecule has 0 aliphatic carbocycles. The van der Waals surface area contributed by atoms with Gasteiger partial charge in [-0.2, -0.15) is 0 Å². The SMILES string of the molecule is O=C(NCCOCc1ccccc1)N[C@H]1CCN2CCCC[C@@H]12. The smallest absolute Gasteiger partial charge is 0.315 e. The van der Waals surface area contributed by atoms with Gasteiger partial charge in [-0.1, -0.05) is 36.8 Å². The Morgan fingerprint density at radius 1 is 1.17 bits per heavy atom. The lowest BCUT2D eigenvalue weighted by molar-refractivity contribution is 0.123. The maximum Gasteiger partial charge on any atom is 0.315 e. The number of piperidine rings is 1. The van der Waals surface area contributed by atoms with Crippen molar-refractivity contribution in [3.63, 3.8) is 0 Å². The van der Waals surface area contributed by atoms with Crippen molar-refractivity contribution in [2.75, 3.05) is 26.2 Å². The number of nitrogens with zero attached hydrogens (tertiary/aromatic N) is 1. The maximum absolute atomic E-state index is 12.0. The van der Waals surface area contributed by atoms with Crippen molar-refractivity contribution < 1.29 is 9.53 Å². The van der Waals surface area contributed by atoms with Crippen molar-refractivity contribution >= 4 is 6.03 Å². The number of carbonyl (C=O) groups excluding carboxylic acids is 1. The van der Waals surface area contributed by atoms with Crippen LogP contribution in [0.15, 0.2) is 30.3 Å². The average molecular weight is 317 g/mol. The van der Waals surface area contributed by atoms with Gasteiger partial charge in [-0.3, -0.25) is 4.90 Å². The molecule has 0 radical (unpaired) electrons. The monoisotopic (exact) mass is 317 g/mol. The van der Waals surface area contributed by atoms with Crippen molar-refractivity contribution in [1.82, 2.24) is 15.5 Å². The van der Waals surface area contributed by atoms with Crippen molar-refractivity contribution in [2.45, 2.75) is 44.4 Å². The Kier molecular flexibility index (Phi) is 5.88. The third-order valence-corrected chi connectivity index (χ3v) is 4.82. The Morgan fingerprint density at radius 3 is 2.91 bits per heavy atom. The summed E-state index contributed by atoms with van der Waals surface area (Å²) in [5, 5.41) is 6.04. The second kappa shape index (κ2) is 8.31. The topological polar surface area (TPSA) is 53.6 Å². The molecule has 2 N–H and O–H groups in total. The number of carbonyl (C=O) groups is 1. The third kappa shape index (κ3) is 4.69. The van der Waals surface area contributed by atoms with Crippen LogP contribution in [0, 0.1) is 0 Å². The fourth-order valence-corrected chi connectivity index (χ4v) is 3.64. The van der Waals surface area contributed by atoms with Gasteiger partial charge in [-0.15, -0.1) is 0 Å². The molecule has 2 saturated heterocycles. The van der Waals surface area contributed by atoms with Crippen LogP contribution in [-0.4, -0.2) is 49.3 Å². The largest absolute Gasteiger partial charge is 0.375 e. The van der Waals surface area contributed by atoms with Crippen LogP contribution in [0.2, 0.25) is 0 Å². The van der Waals surface area contributed by atoms with Crippen LogP contribution in [0.1, 0.15) is 31.2 Å². The first-order chi connectivity index (χ1) is 11.3. The molecule has 126 valence electrons. The molecule has 1 aromatic carbocycles. The highest BCUT2D eigenvalue weighted by molar-refractivity contribution is 5.74. The molecular formula is C18H27N3O2. The molecule has 2 atom stereocenters. The zero-order valence-corrected chi connectivity index (χ0v) is 13.7. The molecule has 23 heavy (non-hydrogen) atoms. The zero-order chi connectivity index (χ0) is 15.9. The summed E-state index contributed by atoms with van der Waals surface area (Å²) in [4.78, 5) is 14.5. The van der Waals surface area contributed by atoms with E-state index in [4.69, 9.17) is 4.74 Å². The Labute approximate surface area is 138 Å². The van der Waals surface area contributed by atoms with E-state index in [-0.39, 0.29) is 6.03 Å². The van der Waals surface area contributed by atoms with E-state index in [2.05, 4.69) is 15.5 Å². The number of ether oxygens (including phenoxy) is 1. The Hall–Kier alpha value is -1.59. The van der Waals surface area contributed by atoms with Crippen LogP contribution in [-0.2, 0) is 11.3 Å². The van der Waals surface area contributed by atoms with Gasteiger partial charge in [0.15, 0.2) is 0 Å². The molecule has 5 nitrogen and oxygen atoms in total. The fraction of sp³-hybridized carbons (Fsp3) is 0.611. The average Bonchev–Trinajstić information content (AvgIpc) is 2.99. The first-order valence-electron chi connectivity index (χ1n) is 8.73. The molecule has 2 amide bonds. The van der Waals surface area contributed by atoms with Gasteiger partial charge in [0.05, 0.1) is 13.2 Å². The van der Waals surface area contributed by atoms with Gasteiger partial charge < -0.3 is 15.4 Å². The fourth-order valence-electron chi connectivity index (χ4n) is 3.64. The molecule has 2 heterocycles. The van der Waals surface area contributed by atoms with Crippen LogP contribution in [0.25, 0.3) is 0 Å². The van der Waals surface area contributed by atoms with Crippen LogP contribution >= 0.6 is 0 Å². The van der Waals surface area contributed by atoms with Crippen LogP contribution in [0.3, 0.4) is 0 Å². The molecule has 2 aliphatic rings. The van der Waals surface area contributed by atoms with E-state index in [1.807, 2.05) is 30.3 Å². The van der Waals surface area contributed by atoms with E-state index in [1.165, 1.54) is 25.8 Å². The van der Waals surface area contributed by atoms with Gasteiger partial charge in [0, 0.05) is 25.2 Å². The molecule has 1 aromatic rings. The van der Waals surface area contributed by atoms with Gasteiger partial charge in [0.1, 0.15) is 0 Å². The van der Waals surface area contributed by atoms with Crippen molar-refractivity contribution in [3.05, 3.63) is 35.9 Å². The van der Waals surface area contributed by atoms with E-state index < -0.39 is 0 Å². The minimum absolute atomic E-state index is 0.0641. The number of fused-ring (bicyclic) bond motifs is 1. The minimum atomic E-state index is -0.0641. The predicted molar refractivity (Wildman–Crippen MR) is 90.2 cm³/mol. The number of benzene rings is 1. The Balaban J connectivity index is 1.29. The highest BCUT2D eigenvalue weighted by Crippen LogP contribution is 2.26. The molecule has 0 saturated carbocycles. The number of urea groups is 1. The molecule has 2 aliphatic heterocycles. The van der Waals surface area contributed by atoms with Crippen LogP contribution in [0.4, 0.5) is 4.79 Å². The maximum atomic E-state index is 12.0. The summed E-state index contributed by atoms with van der Waals surface area (Å²) in [6, 6.07) is 10.9. The highest BCUT2D eigenvalue weighted by atomic mass is 16.5. The van der Waals surface area contributed by atoms with E-state index in [9.17, 15) is 4.79 Å². The molecule has 0 aromatic heterocycles. The minimum Gasteiger partial charge on any atom is -0.375 e. The normalized spacial score (nSPS) is 24.2. The lowest BCUT2D eigenvalue weighted by Gasteiger charge is -2.32. The van der Waals surface area contributed by atoms with E-state index in [0.717, 1.165) is 18.5 Å². The van der Waals surface area contributed by atoms with Gasteiger partial charge >= 0.3 is 6.03 Å². The standard InChI is InChI=1S/C18H27N3O2/c22-18(19-10-13-23-14-15-6-2-1-3-7-15)20-16-9-12-21-11-5-4-8-17(16)21/h1-3,6-7,16-17H,4-5,8-14H2,(H2,19,20,22)/t16-,17-/m0/s1. The molecule has 0 unspecified atom stereocenters. The summed E-state index contributed by atoms with van der Waals surface area (Å²) in [7, 11) is 0. The Morgan fingerprint density at radius 2 is 2.04 bits per heavy atom. The molecular weight excluding hydrogens is 290 g/mol. The molecule has 2 fully saturated rings. The van der Waals surface area contributed by atoms with Gasteiger partial charge in [0.2, 0.25) is 0 Å². The van der Waals surface area contributed by atoms with Gasteiger partial charge in [0.25, 0.3) is 0 Å². The molecule has 5 heteroatoms. The molecule has 0 bridgehead atoms. The van der Waals surface area contributed by atoms with Crippen molar-refractivity contribution in [2.24, 2.45) is 0 Å². The zero-order valence-electron chi connectivity index (χ0n) is 13.7. The predicted octanol–water partition coefficient (Wildman–Crippen LogP) is 2.13. The lowest BCUT2D eigenvalue weighted by Crippen LogP contribution is -2.50. The summed E-state index contributed by atoms with van der Waals surface area (Å²) in [6.45, 7) is 3.97. The van der Waals surface area contributed by atoms with Crippen molar-refractivity contribution in [3.8, 4) is 0 Å².